The highest BCUT2D eigenvalue weighted by Crippen LogP contribution is 2.24. The van der Waals surface area contributed by atoms with Crippen molar-refractivity contribution in [3.63, 3.8) is 0 Å². The monoisotopic (exact) mass is 229 g/mol. The number of anilines is 1. The van der Waals surface area contributed by atoms with Crippen LogP contribution in [-0.2, 0) is 11.2 Å². The maximum Gasteiger partial charge on any atom is 0.227 e. The van der Waals surface area contributed by atoms with Crippen LogP contribution >= 0.6 is 0 Å². The molecule has 1 amide bonds. The van der Waals surface area contributed by atoms with Gasteiger partial charge in [-0.25, -0.2) is 0 Å². The third-order valence-corrected chi connectivity index (χ3v) is 3.07. The predicted molar refractivity (Wildman–Crippen MR) is 65.3 cm³/mol. The Bertz CT molecular complexity index is 447. The van der Waals surface area contributed by atoms with Crippen molar-refractivity contribution in [1.29, 1.82) is 5.26 Å². The van der Waals surface area contributed by atoms with Crippen molar-refractivity contribution in [1.82, 2.24) is 0 Å². The molecule has 1 aromatic rings. The Morgan fingerprint density at radius 2 is 2.12 bits per heavy atom. The first kappa shape index (κ1) is 11.6. The Hall–Kier alpha value is -1.86. The lowest BCUT2D eigenvalue weighted by atomic mass is 10.1. The normalized spacial score (nSPS) is 19.4. The van der Waals surface area contributed by atoms with Gasteiger partial charge in [0, 0.05) is 18.7 Å². The molecular formula is C13H15N3O. The predicted octanol–water partition coefficient (Wildman–Crippen LogP) is 1.06. The van der Waals surface area contributed by atoms with Gasteiger partial charge in [-0.3, -0.25) is 4.79 Å². The van der Waals surface area contributed by atoms with Gasteiger partial charge in [0.25, 0.3) is 0 Å². The lowest BCUT2D eigenvalue weighted by Crippen LogP contribution is -2.25. The summed E-state index contributed by atoms with van der Waals surface area (Å²) in [7, 11) is 0. The topological polar surface area (TPSA) is 70.1 Å². The molecule has 1 fully saturated rings. The Balaban J connectivity index is 2.13. The molecule has 1 aliphatic rings. The molecule has 0 bridgehead atoms. The van der Waals surface area contributed by atoms with E-state index in [0.29, 0.717) is 25.9 Å². The van der Waals surface area contributed by atoms with Crippen LogP contribution in [0.3, 0.4) is 0 Å². The van der Waals surface area contributed by atoms with Gasteiger partial charge in [-0.05, 0) is 30.2 Å². The number of nitrogens with two attached hydrogens (primary N) is 1. The van der Waals surface area contributed by atoms with Gasteiger partial charge >= 0.3 is 0 Å². The summed E-state index contributed by atoms with van der Waals surface area (Å²) in [6, 6.07) is 9.67. The van der Waals surface area contributed by atoms with Crippen LogP contribution in [0.5, 0.6) is 0 Å². The van der Waals surface area contributed by atoms with E-state index in [1.807, 2.05) is 24.3 Å². The zero-order valence-corrected chi connectivity index (χ0v) is 9.60. The molecule has 0 spiro atoms. The van der Waals surface area contributed by atoms with Crippen molar-refractivity contribution in [3.8, 4) is 6.07 Å². The van der Waals surface area contributed by atoms with Gasteiger partial charge in [-0.1, -0.05) is 12.1 Å². The van der Waals surface area contributed by atoms with E-state index in [-0.39, 0.29) is 11.8 Å². The van der Waals surface area contributed by atoms with E-state index in [1.54, 1.807) is 4.90 Å². The lowest BCUT2D eigenvalue weighted by molar-refractivity contribution is -0.117. The molecule has 4 heteroatoms. The fourth-order valence-corrected chi connectivity index (χ4v) is 2.07. The number of amides is 1. The van der Waals surface area contributed by atoms with Crippen molar-refractivity contribution in [3.05, 3.63) is 29.8 Å². The standard InChI is InChI=1S/C13H15N3O/c14-6-5-10-1-3-12(4-2-10)16-9-11(8-15)7-13(16)17/h1-4,11H,5,7-9,15H2. The first-order valence-corrected chi connectivity index (χ1v) is 5.71. The van der Waals surface area contributed by atoms with Gasteiger partial charge in [0.15, 0.2) is 0 Å². The summed E-state index contributed by atoms with van der Waals surface area (Å²) in [6.07, 6.45) is 0.941. The fraction of sp³-hybridized carbons (Fsp3) is 0.385. The first-order valence-electron chi connectivity index (χ1n) is 5.71. The summed E-state index contributed by atoms with van der Waals surface area (Å²) in [5.74, 6) is 0.398. The van der Waals surface area contributed by atoms with Crippen LogP contribution < -0.4 is 10.6 Å². The quantitative estimate of drug-likeness (QED) is 0.842. The van der Waals surface area contributed by atoms with E-state index in [9.17, 15) is 4.79 Å². The van der Waals surface area contributed by atoms with Crippen LogP contribution in [0.15, 0.2) is 24.3 Å². The number of benzene rings is 1. The molecule has 0 radical (unpaired) electrons. The second kappa shape index (κ2) is 4.98. The van der Waals surface area contributed by atoms with Crippen molar-refractivity contribution in [2.24, 2.45) is 11.7 Å². The number of hydrogen-bond donors (Lipinski definition) is 1. The molecule has 17 heavy (non-hydrogen) atoms. The third kappa shape index (κ3) is 2.45. The van der Waals surface area contributed by atoms with Crippen LogP contribution in [0, 0.1) is 17.2 Å². The molecule has 0 aromatic heterocycles. The molecule has 1 aliphatic heterocycles. The van der Waals surface area contributed by atoms with E-state index in [0.717, 1.165) is 11.3 Å². The summed E-state index contributed by atoms with van der Waals surface area (Å²) in [5, 5.41) is 8.58. The summed E-state index contributed by atoms with van der Waals surface area (Å²) in [6.45, 7) is 1.25. The summed E-state index contributed by atoms with van der Waals surface area (Å²) < 4.78 is 0. The number of hydrogen-bond acceptors (Lipinski definition) is 3. The highest BCUT2D eigenvalue weighted by Gasteiger charge is 2.29. The average Bonchev–Trinajstić information content (AvgIpc) is 2.72. The maximum atomic E-state index is 11.8. The zero-order valence-electron chi connectivity index (χ0n) is 9.60. The number of carbonyl (C=O) groups excluding carboxylic acids is 1. The Kier molecular flexibility index (Phi) is 3.40. The molecular weight excluding hydrogens is 214 g/mol. The molecule has 1 heterocycles. The minimum atomic E-state index is 0.133. The molecule has 0 saturated carbocycles. The van der Waals surface area contributed by atoms with Crippen LogP contribution in [0.2, 0.25) is 0 Å². The second-order valence-electron chi connectivity index (χ2n) is 4.31. The van der Waals surface area contributed by atoms with Crippen molar-refractivity contribution in [2.45, 2.75) is 12.8 Å². The van der Waals surface area contributed by atoms with Crippen molar-refractivity contribution >= 4 is 11.6 Å². The van der Waals surface area contributed by atoms with Gasteiger partial charge < -0.3 is 10.6 Å². The molecule has 1 atom stereocenters. The first-order chi connectivity index (χ1) is 8.24. The Morgan fingerprint density at radius 1 is 1.41 bits per heavy atom. The Labute approximate surface area is 101 Å². The fourth-order valence-electron chi connectivity index (χ4n) is 2.07. The summed E-state index contributed by atoms with van der Waals surface area (Å²) >= 11 is 0. The van der Waals surface area contributed by atoms with E-state index >= 15 is 0 Å². The van der Waals surface area contributed by atoms with Gasteiger partial charge in [0.05, 0.1) is 12.5 Å². The molecule has 1 unspecified atom stereocenters. The summed E-state index contributed by atoms with van der Waals surface area (Å²) in [4.78, 5) is 13.5. The molecule has 2 rings (SSSR count). The van der Waals surface area contributed by atoms with Crippen LogP contribution in [-0.4, -0.2) is 19.0 Å². The molecule has 1 aromatic carbocycles. The maximum absolute atomic E-state index is 11.8. The van der Waals surface area contributed by atoms with E-state index in [1.165, 1.54) is 0 Å². The highest BCUT2D eigenvalue weighted by atomic mass is 16.2. The third-order valence-electron chi connectivity index (χ3n) is 3.07. The Morgan fingerprint density at radius 3 is 2.65 bits per heavy atom. The largest absolute Gasteiger partial charge is 0.330 e. The lowest BCUT2D eigenvalue weighted by Gasteiger charge is -2.16. The molecule has 1 saturated heterocycles. The molecule has 2 N–H and O–H groups in total. The second-order valence-corrected chi connectivity index (χ2v) is 4.31. The van der Waals surface area contributed by atoms with Crippen molar-refractivity contribution in [2.75, 3.05) is 18.0 Å². The van der Waals surface area contributed by atoms with E-state index < -0.39 is 0 Å². The van der Waals surface area contributed by atoms with Gasteiger partial charge in [-0.2, -0.15) is 5.26 Å². The number of carbonyl (C=O) groups is 1. The number of rotatable bonds is 3. The zero-order chi connectivity index (χ0) is 12.3. The van der Waals surface area contributed by atoms with Crippen LogP contribution in [0.25, 0.3) is 0 Å². The SMILES string of the molecule is N#CCc1ccc(N2CC(CN)CC2=O)cc1. The smallest absolute Gasteiger partial charge is 0.227 e. The number of nitriles is 1. The molecule has 4 nitrogen and oxygen atoms in total. The van der Waals surface area contributed by atoms with Gasteiger partial charge in [0.2, 0.25) is 5.91 Å². The summed E-state index contributed by atoms with van der Waals surface area (Å²) in [5.41, 5.74) is 7.45. The van der Waals surface area contributed by atoms with Crippen molar-refractivity contribution < 1.29 is 4.79 Å². The van der Waals surface area contributed by atoms with Gasteiger partial charge in [0.1, 0.15) is 0 Å². The minimum Gasteiger partial charge on any atom is -0.330 e. The van der Waals surface area contributed by atoms with Gasteiger partial charge in [-0.15, -0.1) is 0 Å². The molecule has 0 aliphatic carbocycles. The van der Waals surface area contributed by atoms with E-state index in [2.05, 4.69) is 6.07 Å². The molecule has 88 valence electrons. The minimum absolute atomic E-state index is 0.133. The highest BCUT2D eigenvalue weighted by molar-refractivity contribution is 5.95. The van der Waals surface area contributed by atoms with Crippen LogP contribution in [0.1, 0.15) is 12.0 Å². The average molecular weight is 229 g/mol. The van der Waals surface area contributed by atoms with E-state index in [4.69, 9.17) is 11.0 Å². The number of nitrogens with zero attached hydrogens (tertiary/aromatic N) is 2. The van der Waals surface area contributed by atoms with Crippen LogP contribution in [0.4, 0.5) is 5.69 Å².